The molecule has 4 saturated carbocycles. The third kappa shape index (κ3) is 3.93. The molecule has 4 bridgehead atoms. The van der Waals surface area contributed by atoms with Crippen LogP contribution in [0.1, 0.15) is 57.1 Å². The number of para-hydroxylation sites is 1. The lowest BCUT2D eigenvalue weighted by Gasteiger charge is -2.58. The van der Waals surface area contributed by atoms with E-state index in [1.54, 1.807) is 0 Å². The van der Waals surface area contributed by atoms with Crippen molar-refractivity contribution in [2.45, 2.75) is 64.8 Å². The predicted octanol–water partition coefficient (Wildman–Crippen LogP) is 4.19. The summed E-state index contributed by atoms with van der Waals surface area (Å²) in [6.07, 6.45) is 9.42. The molecule has 0 radical (unpaired) electrons. The van der Waals surface area contributed by atoms with Gasteiger partial charge in [0.25, 0.3) is 0 Å². The number of carbonyl (C=O) groups excluding carboxylic acids is 1. The first-order valence-electron chi connectivity index (χ1n) is 12.5. The zero-order valence-corrected chi connectivity index (χ0v) is 18.9. The maximum atomic E-state index is 12.8. The summed E-state index contributed by atoms with van der Waals surface area (Å²) >= 11 is 0. The maximum Gasteiger partial charge on any atom is 0.238 e. The first kappa shape index (κ1) is 20.5. The second-order valence-electron chi connectivity index (χ2n) is 10.4. The Hall–Kier alpha value is -1.39. The van der Waals surface area contributed by atoms with Crippen LogP contribution in [-0.4, -0.2) is 54.5 Å². The Labute approximate surface area is 182 Å². The van der Waals surface area contributed by atoms with Crippen molar-refractivity contribution in [2.24, 2.45) is 23.7 Å². The summed E-state index contributed by atoms with van der Waals surface area (Å²) in [5.74, 6) is 4.18. The van der Waals surface area contributed by atoms with Gasteiger partial charge in [0.15, 0.2) is 0 Å². The summed E-state index contributed by atoms with van der Waals surface area (Å²) < 4.78 is 0. The largest absolute Gasteiger partial charge is 0.324 e. The van der Waals surface area contributed by atoms with Crippen LogP contribution in [-0.2, 0) is 17.6 Å². The fraction of sp³-hybridized carbons (Fsp3) is 0.731. The van der Waals surface area contributed by atoms with E-state index in [0.717, 1.165) is 74.4 Å². The smallest absolute Gasteiger partial charge is 0.238 e. The minimum absolute atomic E-state index is 0.147. The average molecular weight is 410 g/mol. The van der Waals surface area contributed by atoms with Gasteiger partial charge in [0.1, 0.15) is 0 Å². The van der Waals surface area contributed by atoms with Gasteiger partial charge in [-0.2, -0.15) is 0 Å². The minimum Gasteiger partial charge on any atom is -0.324 e. The number of piperazine rings is 1. The van der Waals surface area contributed by atoms with Crippen LogP contribution < -0.4 is 5.32 Å². The van der Waals surface area contributed by atoms with Crippen molar-refractivity contribution in [1.29, 1.82) is 0 Å². The van der Waals surface area contributed by atoms with Gasteiger partial charge >= 0.3 is 0 Å². The van der Waals surface area contributed by atoms with Crippen molar-refractivity contribution in [3.05, 3.63) is 29.3 Å². The molecule has 4 aliphatic carbocycles. The molecule has 1 heterocycles. The third-order valence-electron chi connectivity index (χ3n) is 8.64. The van der Waals surface area contributed by atoms with Gasteiger partial charge in [-0.25, -0.2) is 0 Å². The fourth-order valence-electron chi connectivity index (χ4n) is 7.50. The second-order valence-corrected chi connectivity index (χ2v) is 10.4. The Morgan fingerprint density at radius 1 is 0.900 bits per heavy atom. The summed E-state index contributed by atoms with van der Waals surface area (Å²) in [6.45, 7) is 9.20. The fourth-order valence-corrected chi connectivity index (χ4v) is 7.50. The molecule has 4 nitrogen and oxygen atoms in total. The van der Waals surface area contributed by atoms with Crippen molar-refractivity contribution in [3.8, 4) is 0 Å². The van der Waals surface area contributed by atoms with Crippen LogP contribution in [0.2, 0.25) is 0 Å². The van der Waals surface area contributed by atoms with Gasteiger partial charge in [-0.3, -0.25) is 14.6 Å². The quantitative estimate of drug-likeness (QED) is 0.765. The van der Waals surface area contributed by atoms with Crippen LogP contribution in [0, 0.1) is 23.7 Å². The molecule has 0 atom stereocenters. The van der Waals surface area contributed by atoms with Gasteiger partial charge in [0, 0.05) is 37.9 Å². The van der Waals surface area contributed by atoms with E-state index in [2.05, 4.69) is 47.2 Å². The third-order valence-corrected chi connectivity index (χ3v) is 8.64. The summed E-state index contributed by atoms with van der Waals surface area (Å²) in [5.41, 5.74) is 3.54. The number of benzene rings is 1. The van der Waals surface area contributed by atoms with Crippen molar-refractivity contribution in [1.82, 2.24) is 9.80 Å². The summed E-state index contributed by atoms with van der Waals surface area (Å²) in [7, 11) is 0. The number of anilines is 1. The van der Waals surface area contributed by atoms with Gasteiger partial charge in [-0.05, 0) is 79.7 Å². The standard InChI is InChI=1S/C26H39N3O/c1-3-20-6-5-7-21(4-2)25(20)27-24(30)17-28-8-10-29(11-9-28)26-22-13-18-12-19(15-22)16-23(26)14-18/h5-7,18-19,22-23,26H,3-4,8-17H2,1-2H3,(H,27,30). The Balaban J connectivity index is 1.15. The Morgan fingerprint density at radius 3 is 2.00 bits per heavy atom. The lowest BCUT2D eigenvalue weighted by atomic mass is 9.54. The molecule has 1 N–H and O–H groups in total. The number of carbonyl (C=O) groups is 1. The van der Waals surface area contributed by atoms with Crippen LogP contribution in [0.25, 0.3) is 0 Å². The monoisotopic (exact) mass is 409 g/mol. The lowest BCUT2D eigenvalue weighted by Crippen LogP contribution is -2.60. The number of nitrogens with one attached hydrogen (secondary N) is 1. The minimum atomic E-state index is 0.147. The first-order valence-corrected chi connectivity index (χ1v) is 12.5. The normalized spacial score (nSPS) is 33.7. The van der Waals surface area contributed by atoms with Crippen LogP contribution in [0.15, 0.2) is 18.2 Å². The topological polar surface area (TPSA) is 35.6 Å². The molecule has 0 unspecified atom stereocenters. The summed E-state index contributed by atoms with van der Waals surface area (Å²) in [5, 5.41) is 3.25. The summed E-state index contributed by atoms with van der Waals surface area (Å²) in [6, 6.07) is 7.23. The Bertz CT molecular complexity index is 717. The van der Waals surface area contributed by atoms with Crippen molar-refractivity contribution < 1.29 is 4.79 Å². The van der Waals surface area contributed by atoms with Crippen molar-refractivity contribution >= 4 is 11.6 Å². The van der Waals surface area contributed by atoms with E-state index >= 15 is 0 Å². The van der Waals surface area contributed by atoms with E-state index in [-0.39, 0.29) is 5.91 Å². The molecule has 0 aromatic heterocycles. The molecular formula is C26H39N3O. The molecule has 6 rings (SSSR count). The summed E-state index contributed by atoms with van der Waals surface area (Å²) in [4.78, 5) is 18.0. The predicted molar refractivity (Wildman–Crippen MR) is 123 cm³/mol. The average Bonchev–Trinajstić information content (AvgIpc) is 2.74. The molecule has 30 heavy (non-hydrogen) atoms. The molecule has 1 aliphatic heterocycles. The van der Waals surface area contributed by atoms with E-state index in [0.29, 0.717) is 6.54 Å². The number of nitrogens with zero attached hydrogens (tertiary/aromatic N) is 2. The molecule has 1 saturated heterocycles. The molecule has 1 aromatic rings. The molecule has 0 spiro atoms. The molecule has 4 heteroatoms. The molecule has 1 aromatic carbocycles. The molecular weight excluding hydrogens is 370 g/mol. The zero-order chi connectivity index (χ0) is 20.7. The maximum absolute atomic E-state index is 12.8. The van der Waals surface area contributed by atoms with Gasteiger partial charge in [-0.15, -0.1) is 0 Å². The number of hydrogen-bond donors (Lipinski definition) is 1. The van der Waals surface area contributed by atoms with E-state index in [9.17, 15) is 4.79 Å². The number of aryl methyl sites for hydroxylation is 2. The molecule has 1 amide bonds. The van der Waals surface area contributed by atoms with Gasteiger partial charge in [-0.1, -0.05) is 32.0 Å². The highest BCUT2D eigenvalue weighted by atomic mass is 16.2. The molecule has 164 valence electrons. The highest BCUT2D eigenvalue weighted by Crippen LogP contribution is 2.55. The molecule has 5 fully saturated rings. The zero-order valence-electron chi connectivity index (χ0n) is 18.9. The first-order chi connectivity index (χ1) is 14.6. The van der Waals surface area contributed by atoms with Gasteiger partial charge in [0.05, 0.1) is 6.54 Å². The van der Waals surface area contributed by atoms with Gasteiger partial charge in [0.2, 0.25) is 5.91 Å². The van der Waals surface area contributed by atoms with E-state index in [4.69, 9.17) is 0 Å². The second kappa shape index (κ2) is 8.63. The number of amides is 1. The van der Waals surface area contributed by atoms with Crippen molar-refractivity contribution in [3.63, 3.8) is 0 Å². The number of hydrogen-bond acceptors (Lipinski definition) is 3. The van der Waals surface area contributed by atoms with Crippen LogP contribution in [0.4, 0.5) is 5.69 Å². The highest BCUT2D eigenvalue weighted by Gasteiger charge is 2.50. The van der Waals surface area contributed by atoms with Gasteiger partial charge < -0.3 is 5.32 Å². The van der Waals surface area contributed by atoms with Crippen LogP contribution in [0.5, 0.6) is 0 Å². The SMILES string of the molecule is CCc1cccc(CC)c1NC(=O)CN1CCN(C2C3CC4CC(C3)CC2C4)CC1. The lowest BCUT2D eigenvalue weighted by molar-refractivity contribution is -0.118. The van der Waals surface area contributed by atoms with E-state index in [1.165, 1.54) is 43.2 Å². The Kier molecular flexibility index (Phi) is 5.90. The molecule has 5 aliphatic rings. The van der Waals surface area contributed by atoms with E-state index < -0.39 is 0 Å². The van der Waals surface area contributed by atoms with E-state index in [1.807, 2.05) is 0 Å². The van der Waals surface area contributed by atoms with Crippen molar-refractivity contribution in [2.75, 3.05) is 38.0 Å². The highest BCUT2D eigenvalue weighted by molar-refractivity contribution is 5.93. The van der Waals surface area contributed by atoms with Crippen LogP contribution in [0.3, 0.4) is 0 Å². The Morgan fingerprint density at radius 2 is 1.47 bits per heavy atom. The number of rotatable bonds is 6. The van der Waals surface area contributed by atoms with Crippen LogP contribution >= 0.6 is 0 Å².